The topological polar surface area (TPSA) is 83.9 Å². The molecule has 0 radical (unpaired) electrons. The molecule has 0 spiro atoms. The lowest BCUT2D eigenvalue weighted by molar-refractivity contribution is -0.130. The smallest absolute Gasteiger partial charge is 0.290 e. The molecule has 0 fully saturated rings. The van der Waals surface area contributed by atoms with E-state index in [0.717, 1.165) is 5.56 Å². The summed E-state index contributed by atoms with van der Waals surface area (Å²) >= 11 is 0. The molecule has 7 heteroatoms. The molecule has 1 heterocycles. The first-order valence-corrected chi connectivity index (χ1v) is 11.1. The van der Waals surface area contributed by atoms with Crippen LogP contribution in [0.2, 0.25) is 0 Å². The minimum Gasteiger partial charge on any atom is -0.502 e. The molecule has 158 valence electrons. The Morgan fingerprint density at radius 3 is 2.23 bits per heavy atom. The van der Waals surface area contributed by atoms with E-state index < -0.39 is 27.5 Å². The number of ether oxygens (including phenoxy) is 1. The quantitative estimate of drug-likeness (QED) is 0.632. The summed E-state index contributed by atoms with van der Waals surface area (Å²) in [4.78, 5) is 14.1. The van der Waals surface area contributed by atoms with E-state index in [1.807, 2.05) is 12.1 Å². The van der Waals surface area contributed by atoms with Crippen molar-refractivity contribution in [2.75, 3.05) is 7.11 Å². The number of carbonyl (C=O) groups is 1. The van der Waals surface area contributed by atoms with Crippen molar-refractivity contribution in [3.63, 3.8) is 0 Å². The molecule has 31 heavy (non-hydrogen) atoms. The number of methoxy groups -OCH3 is 1. The Morgan fingerprint density at radius 2 is 1.58 bits per heavy atom. The predicted molar refractivity (Wildman–Crippen MR) is 116 cm³/mol. The SMILES string of the molecule is COc1cccc(CN2C(=O)C(O)=C(S(=O)(=O)c3ccccc3)[C@H]2c2ccccc2)c1. The highest BCUT2D eigenvalue weighted by molar-refractivity contribution is 7.95. The van der Waals surface area contributed by atoms with Crippen LogP contribution in [0.4, 0.5) is 0 Å². The van der Waals surface area contributed by atoms with Gasteiger partial charge in [0.2, 0.25) is 9.84 Å². The third-order valence-electron chi connectivity index (χ3n) is 5.20. The zero-order valence-electron chi connectivity index (χ0n) is 16.8. The van der Waals surface area contributed by atoms with Crippen molar-refractivity contribution in [1.29, 1.82) is 0 Å². The Balaban J connectivity index is 1.83. The zero-order valence-corrected chi connectivity index (χ0v) is 17.6. The summed E-state index contributed by atoms with van der Waals surface area (Å²) in [6.45, 7) is 0.105. The summed E-state index contributed by atoms with van der Waals surface area (Å²) in [6.07, 6.45) is 0. The van der Waals surface area contributed by atoms with Gasteiger partial charge in [0.05, 0.1) is 18.0 Å². The van der Waals surface area contributed by atoms with Crippen molar-refractivity contribution in [1.82, 2.24) is 4.90 Å². The predicted octanol–water partition coefficient (Wildman–Crippen LogP) is 4.02. The van der Waals surface area contributed by atoms with Gasteiger partial charge in [-0.3, -0.25) is 4.79 Å². The standard InChI is InChI=1S/C24H21NO5S/c1-30-19-12-8-9-17(15-19)16-25-21(18-10-4-2-5-11-18)23(22(26)24(25)27)31(28,29)20-13-6-3-7-14-20/h2-15,21,26H,16H2,1H3/t21-/m1/s1. The summed E-state index contributed by atoms with van der Waals surface area (Å²) in [7, 11) is -2.57. The lowest BCUT2D eigenvalue weighted by Crippen LogP contribution is -2.30. The molecule has 0 saturated carbocycles. The molecule has 0 unspecified atom stereocenters. The molecule has 3 aromatic carbocycles. The highest BCUT2D eigenvalue weighted by Gasteiger charge is 2.46. The number of amides is 1. The van der Waals surface area contributed by atoms with Gasteiger partial charge in [0, 0.05) is 6.54 Å². The average Bonchev–Trinajstić information content (AvgIpc) is 3.06. The molecular weight excluding hydrogens is 414 g/mol. The molecule has 1 aliphatic heterocycles. The normalized spacial score (nSPS) is 16.6. The van der Waals surface area contributed by atoms with Crippen LogP contribution in [0.15, 0.2) is 100 Å². The molecular formula is C24H21NO5S. The number of sulfone groups is 1. The Kier molecular flexibility index (Phi) is 5.52. The zero-order chi connectivity index (χ0) is 22.0. The van der Waals surface area contributed by atoms with Crippen LogP contribution in [0, 0.1) is 0 Å². The van der Waals surface area contributed by atoms with Crippen LogP contribution < -0.4 is 4.74 Å². The summed E-state index contributed by atoms with van der Waals surface area (Å²) in [6, 6.07) is 22.9. The number of hydrogen-bond donors (Lipinski definition) is 1. The van der Waals surface area contributed by atoms with Crippen LogP contribution in [-0.2, 0) is 21.2 Å². The second-order valence-corrected chi connectivity index (χ2v) is 9.05. The van der Waals surface area contributed by atoms with E-state index in [9.17, 15) is 18.3 Å². The second-order valence-electron chi connectivity index (χ2n) is 7.13. The van der Waals surface area contributed by atoms with E-state index >= 15 is 0 Å². The van der Waals surface area contributed by atoms with Crippen LogP contribution >= 0.6 is 0 Å². The number of rotatable bonds is 6. The van der Waals surface area contributed by atoms with Crippen LogP contribution in [0.5, 0.6) is 5.75 Å². The van der Waals surface area contributed by atoms with Crippen LogP contribution in [-0.4, -0.2) is 31.4 Å². The molecule has 0 aliphatic carbocycles. The van der Waals surface area contributed by atoms with E-state index in [0.29, 0.717) is 11.3 Å². The van der Waals surface area contributed by atoms with Gasteiger partial charge in [-0.1, -0.05) is 60.7 Å². The molecule has 6 nitrogen and oxygen atoms in total. The first kappa shape index (κ1) is 20.7. The highest BCUT2D eigenvalue weighted by Crippen LogP contribution is 2.43. The van der Waals surface area contributed by atoms with Crippen molar-refractivity contribution in [2.24, 2.45) is 0 Å². The lowest BCUT2D eigenvalue weighted by Gasteiger charge is -2.27. The minimum atomic E-state index is -4.11. The molecule has 0 bridgehead atoms. The second kappa shape index (κ2) is 8.28. The van der Waals surface area contributed by atoms with Crippen LogP contribution in [0.3, 0.4) is 0 Å². The molecule has 1 amide bonds. The fourth-order valence-electron chi connectivity index (χ4n) is 3.73. The third kappa shape index (κ3) is 3.80. The maximum atomic E-state index is 13.5. The average molecular weight is 436 g/mol. The van der Waals surface area contributed by atoms with Gasteiger partial charge in [0.1, 0.15) is 10.7 Å². The number of aliphatic hydroxyl groups is 1. The molecule has 1 aliphatic rings. The molecule has 1 atom stereocenters. The van der Waals surface area contributed by atoms with E-state index in [2.05, 4.69) is 0 Å². The molecule has 0 saturated heterocycles. The summed E-state index contributed by atoms with van der Waals surface area (Å²) in [5.74, 6) is -0.860. The largest absolute Gasteiger partial charge is 0.502 e. The number of carbonyl (C=O) groups excluding carboxylic acids is 1. The van der Waals surface area contributed by atoms with Gasteiger partial charge in [0.15, 0.2) is 5.76 Å². The van der Waals surface area contributed by atoms with Crippen molar-refractivity contribution in [3.8, 4) is 5.75 Å². The Hall–Kier alpha value is -3.58. The summed E-state index contributed by atoms with van der Waals surface area (Å²) in [5.41, 5.74) is 1.34. The fraction of sp³-hybridized carbons (Fsp3) is 0.125. The van der Waals surface area contributed by atoms with Gasteiger partial charge in [0.25, 0.3) is 5.91 Å². The maximum absolute atomic E-state index is 13.5. The molecule has 3 aromatic rings. The summed E-state index contributed by atoms with van der Waals surface area (Å²) in [5, 5.41) is 10.7. The Labute approximate surface area is 180 Å². The van der Waals surface area contributed by atoms with Gasteiger partial charge >= 0.3 is 0 Å². The van der Waals surface area contributed by atoms with Gasteiger partial charge in [-0.25, -0.2) is 8.42 Å². The van der Waals surface area contributed by atoms with E-state index in [4.69, 9.17) is 4.74 Å². The maximum Gasteiger partial charge on any atom is 0.290 e. The van der Waals surface area contributed by atoms with Crippen molar-refractivity contribution < 1.29 is 23.1 Å². The van der Waals surface area contributed by atoms with E-state index in [1.54, 1.807) is 67.8 Å². The monoisotopic (exact) mass is 435 g/mol. The number of aliphatic hydroxyl groups excluding tert-OH is 1. The summed E-state index contributed by atoms with van der Waals surface area (Å²) < 4.78 is 32.2. The van der Waals surface area contributed by atoms with Gasteiger partial charge < -0.3 is 14.7 Å². The fourth-order valence-corrected chi connectivity index (χ4v) is 5.40. The van der Waals surface area contributed by atoms with Crippen LogP contribution in [0.25, 0.3) is 0 Å². The Bertz CT molecular complexity index is 1240. The van der Waals surface area contributed by atoms with Crippen LogP contribution in [0.1, 0.15) is 17.2 Å². The lowest BCUT2D eigenvalue weighted by atomic mass is 10.1. The van der Waals surface area contributed by atoms with Gasteiger partial charge in [-0.2, -0.15) is 0 Å². The third-order valence-corrected chi connectivity index (χ3v) is 7.09. The first-order chi connectivity index (χ1) is 14.9. The van der Waals surface area contributed by atoms with Crippen molar-refractivity contribution >= 4 is 15.7 Å². The Morgan fingerprint density at radius 1 is 0.935 bits per heavy atom. The highest BCUT2D eigenvalue weighted by atomic mass is 32.2. The molecule has 4 rings (SSSR count). The van der Waals surface area contributed by atoms with E-state index in [1.165, 1.54) is 17.0 Å². The van der Waals surface area contributed by atoms with Gasteiger partial charge in [-0.15, -0.1) is 0 Å². The molecule has 1 N–H and O–H groups in total. The molecule has 0 aromatic heterocycles. The number of nitrogens with zero attached hydrogens (tertiary/aromatic N) is 1. The number of benzene rings is 3. The van der Waals surface area contributed by atoms with Crippen molar-refractivity contribution in [3.05, 3.63) is 107 Å². The van der Waals surface area contributed by atoms with Gasteiger partial charge in [-0.05, 0) is 35.4 Å². The minimum absolute atomic E-state index is 0.0218. The van der Waals surface area contributed by atoms with Crippen molar-refractivity contribution in [2.45, 2.75) is 17.5 Å². The number of hydrogen-bond acceptors (Lipinski definition) is 5. The first-order valence-electron chi connectivity index (χ1n) is 9.65. The van der Waals surface area contributed by atoms with E-state index in [-0.39, 0.29) is 16.3 Å².